The molecule has 4 fully saturated rings. The van der Waals surface area contributed by atoms with Crippen molar-refractivity contribution in [3.8, 4) is 0 Å². The molecule has 0 unspecified atom stereocenters. The minimum Gasteiger partial charge on any atom is -0.544 e. The Bertz CT molecular complexity index is 2530. The normalized spacial score (nSPS) is 34.4. The number of amides is 3. The van der Waals surface area contributed by atoms with Gasteiger partial charge in [-0.25, -0.2) is 0 Å². The molecule has 0 saturated carbocycles. The van der Waals surface area contributed by atoms with E-state index < -0.39 is 230 Å². The van der Waals surface area contributed by atoms with Gasteiger partial charge in [-0.15, -0.1) is 0 Å². The van der Waals surface area contributed by atoms with Gasteiger partial charge >= 0.3 is 0 Å². The smallest absolute Gasteiger partial charge is 0.220 e. The third-order valence-electron chi connectivity index (χ3n) is 17.3. The lowest BCUT2D eigenvalue weighted by Crippen LogP contribution is -2.73. The summed E-state index contributed by atoms with van der Waals surface area (Å²) < 4.78 is 118. The maximum Gasteiger partial charge on any atom is 0.220 e. The lowest BCUT2D eigenvalue weighted by Gasteiger charge is -2.53. The third kappa shape index (κ3) is 27.7. The van der Waals surface area contributed by atoms with Gasteiger partial charge in [0.2, 0.25) is 23.5 Å². The van der Waals surface area contributed by atoms with Crippen molar-refractivity contribution in [2.75, 3.05) is 33.0 Å². The van der Waals surface area contributed by atoms with Gasteiger partial charge in [0.05, 0.1) is 57.3 Å². The van der Waals surface area contributed by atoms with E-state index in [1.807, 2.05) is 0 Å². The molecule has 3 amide bonds. The number of aliphatic hydroxyl groups is 13. The van der Waals surface area contributed by atoms with Crippen molar-refractivity contribution in [1.82, 2.24) is 22.1 Å². The quantitative estimate of drug-likeness (QED) is 0.0267. The standard InChI is InChI=1S/C65H117N3O26.H3N/c1-5-7-9-11-13-15-17-19-21-23-25-27-29-31-42(75)41(68-48(78)32-30-28-26-24-22-20-18-16-14-12-10-8-6-2)38-87-62-55(83)54(82)57(46(36-71)89-62)91-63-56(84)60(58(47(37-72)90-63)92-61-50(67-40(4)74)53(81)52(80)45(35-70)88-61)94-65(64(85)86)33-43(76)49(66-39(3)73)59(93-65)51(79)44(77)34-69;/h29,31,41-47,49-63,69-72,75-77,79-84H,5-28,30,32-38H2,1-4H3,(H,66,73)(H,67,74)(H,68,78)(H,85,86);1H3/b31-29+;/t41-,42+,43-,44+,45+,46+,47+,49+,50+,51+,52-,53+,54+,55+,56+,57+,58-,59+,60+,61-,62+,63-,65-;/m0./s1/i2D3,6D2,8D2,10D2;. The van der Waals surface area contributed by atoms with E-state index in [1.165, 1.54) is 44.6 Å². The number of aliphatic carboxylic acids is 1. The molecule has 0 aromatic rings. The fraction of sp³-hybridized carbons (Fsp3) is 0.908. The first-order valence-electron chi connectivity index (χ1n) is 37.9. The van der Waals surface area contributed by atoms with Crippen LogP contribution in [0.1, 0.15) is 213 Å². The molecule has 20 N–H and O–H groups in total. The highest BCUT2D eigenvalue weighted by Crippen LogP contribution is 2.40. The number of aliphatic hydroxyl groups excluding tert-OH is 13. The van der Waals surface area contributed by atoms with Crippen molar-refractivity contribution >= 4 is 23.7 Å². The Morgan fingerprint density at radius 2 is 1.16 bits per heavy atom. The predicted molar refractivity (Wildman–Crippen MR) is 340 cm³/mol. The number of carbonyl (C=O) groups is 4. The molecule has 30 heteroatoms. The molecule has 0 radical (unpaired) electrons. The maximum absolute atomic E-state index is 13.6. The molecule has 556 valence electrons. The molecule has 0 bridgehead atoms. The summed E-state index contributed by atoms with van der Waals surface area (Å²) in [5.74, 6) is -7.99. The lowest BCUT2D eigenvalue weighted by molar-refractivity contribution is -0.420. The highest BCUT2D eigenvalue weighted by atomic mass is 16.8. The molecule has 4 aliphatic heterocycles. The summed E-state index contributed by atoms with van der Waals surface area (Å²) in [5.41, 5.74) is 0. The van der Waals surface area contributed by atoms with Crippen molar-refractivity contribution < 1.29 is 141 Å². The molecule has 4 saturated heterocycles. The molecular formula is C65H120N4O26. The molecule has 0 aromatic heterocycles. The number of rotatable bonds is 47. The van der Waals surface area contributed by atoms with Gasteiger partial charge in [-0.05, 0) is 19.3 Å². The van der Waals surface area contributed by atoms with Crippen molar-refractivity contribution in [3.63, 3.8) is 0 Å². The summed E-state index contributed by atoms with van der Waals surface area (Å²) in [4.78, 5) is 51.8. The zero-order valence-corrected chi connectivity index (χ0v) is 55.5. The molecule has 0 spiro atoms. The molecular weight excluding hydrogens is 1250 g/mol. The number of nitrogens with one attached hydrogen (secondary N) is 3. The maximum atomic E-state index is 13.6. The van der Waals surface area contributed by atoms with E-state index in [1.54, 1.807) is 6.08 Å². The van der Waals surface area contributed by atoms with Crippen LogP contribution in [0.4, 0.5) is 0 Å². The van der Waals surface area contributed by atoms with Crippen LogP contribution in [-0.4, -0.2) is 264 Å². The van der Waals surface area contributed by atoms with E-state index in [4.69, 9.17) is 50.2 Å². The van der Waals surface area contributed by atoms with Gasteiger partial charge in [-0.2, -0.15) is 0 Å². The molecule has 95 heavy (non-hydrogen) atoms. The van der Waals surface area contributed by atoms with E-state index >= 15 is 0 Å². The van der Waals surface area contributed by atoms with Gasteiger partial charge in [0.1, 0.15) is 97.5 Å². The highest BCUT2D eigenvalue weighted by Gasteiger charge is 2.60. The van der Waals surface area contributed by atoms with Gasteiger partial charge in [-0.1, -0.05) is 167 Å². The predicted octanol–water partition coefficient (Wildman–Crippen LogP) is -0.605. The first-order chi connectivity index (χ1) is 48.4. The topological polar surface area (TPSA) is 501 Å². The highest BCUT2D eigenvalue weighted by molar-refractivity contribution is 5.76. The number of hydrogen-bond acceptors (Lipinski definition) is 26. The number of carboxylic acids is 1. The fourth-order valence-corrected chi connectivity index (χ4v) is 12.0. The summed E-state index contributed by atoms with van der Waals surface area (Å²) in [6, 6.07) is -4.72. The second-order valence-corrected chi connectivity index (χ2v) is 24.9. The van der Waals surface area contributed by atoms with E-state index in [2.05, 4.69) is 22.9 Å². The third-order valence-corrected chi connectivity index (χ3v) is 17.3. The Balaban J connectivity index is 0.0000281. The Labute approximate surface area is 571 Å². The van der Waals surface area contributed by atoms with Crippen molar-refractivity contribution in [1.29, 1.82) is 0 Å². The molecule has 0 aromatic carbocycles. The molecule has 23 atom stereocenters. The first-order valence-corrected chi connectivity index (χ1v) is 33.4. The largest absolute Gasteiger partial charge is 0.544 e. The van der Waals surface area contributed by atoms with Gasteiger partial charge in [0, 0.05) is 39.0 Å². The Morgan fingerprint density at radius 3 is 1.72 bits per heavy atom. The van der Waals surface area contributed by atoms with Crippen LogP contribution in [-0.2, 0) is 57.1 Å². The van der Waals surface area contributed by atoms with Gasteiger partial charge in [0.25, 0.3) is 0 Å². The van der Waals surface area contributed by atoms with E-state index in [-0.39, 0.29) is 25.4 Å². The molecule has 4 heterocycles. The molecule has 4 rings (SSSR count). The SMILES string of the molecule is [2H]C([2H])([2H])C([2H])([2H])C([2H])([2H])C([2H])([2H])CCCCCCCCCCCC(=O)N[C@@H](CO[C@@H]1O[C@H](CO)[C@@H](O[C@@H]2O[C@H](CO)[C@H](O[C@@H]3O[C@H](CO)[C@H](O)[C@H](O)[C@H]3NC(C)=O)[C@H](O[C@]3(C(=O)[O-])C[C@H](O)[C@@H](NC(C)=O)[C@H]([C@H](O)[C@H](O)CO)O3)[C@H]2O)[C@H](O)[C@H]1O)[C@H](O)/C=C/CCCCCCCCCCCCC.[NH4+]. The van der Waals surface area contributed by atoms with E-state index in [0.29, 0.717) is 32.1 Å². The van der Waals surface area contributed by atoms with Crippen LogP contribution in [0.25, 0.3) is 0 Å². The molecule has 0 aliphatic carbocycles. The second kappa shape index (κ2) is 46.2. The van der Waals surface area contributed by atoms with E-state index in [0.717, 1.165) is 71.6 Å². The summed E-state index contributed by atoms with van der Waals surface area (Å²) in [6.45, 7) is -4.23. The summed E-state index contributed by atoms with van der Waals surface area (Å²) in [5, 5.41) is 165. The Morgan fingerprint density at radius 1 is 0.632 bits per heavy atom. The summed E-state index contributed by atoms with van der Waals surface area (Å²) >= 11 is 0. The fourth-order valence-electron chi connectivity index (χ4n) is 12.0. The van der Waals surface area contributed by atoms with Crippen LogP contribution in [0, 0.1) is 0 Å². The van der Waals surface area contributed by atoms with Crippen LogP contribution in [0.3, 0.4) is 0 Å². The zero-order chi connectivity index (χ0) is 77.2. The summed E-state index contributed by atoms with van der Waals surface area (Å²) in [7, 11) is 0. The summed E-state index contributed by atoms with van der Waals surface area (Å²) in [6.07, 6.45) is -28.3. The van der Waals surface area contributed by atoms with Crippen LogP contribution in [0.15, 0.2) is 12.2 Å². The van der Waals surface area contributed by atoms with Crippen molar-refractivity contribution in [3.05, 3.63) is 12.2 Å². The van der Waals surface area contributed by atoms with Gasteiger partial charge in [-0.3, -0.25) is 14.4 Å². The average Bonchev–Trinajstić information content (AvgIpc) is 0.754. The van der Waals surface area contributed by atoms with Crippen LogP contribution < -0.4 is 27.2 Å². The van der Waals surface area contributed by atoms with Gasteiger partial charge < -0.3 is 136 Å². The minimum absolute atomic E-state index is 0. The lowest BCUT2D eigenvalue weighted by atomic mass is 9.88. The second-order valence-electron chi connectivity index (χ2n) is 24.9. The number of allylic oxidation sites excluding steroid dienone is 1. The van der Waals surface area contributed by atoms with Crippen molar-refractivity contribution in [2.45, 2.75) is 341 Å². The first kappa shape index (κ1) is 71.6. The number of quaternary nitrogens is 1. The molecule has 30 nitrogen and oxygen atoms in total. The molecule has 4 aliphatic rings. The van der Waals surface area contributed by atoms with Crippen LogP contribution >= 0.6 is 0 Å². The van der Waals surface area contributed by atoms with Crippen molar-refractivity contribution in [2.24, 2.45) is 0 Å². The Hall–Kier alpha value is -3.26. The van der Waals surface area contributed by atoms with Crippen LogP contribution in [0.2, 0.25) is 0 Å². The number of ether oxygens (including phenoxy) is 8. The van der Waals surface area contributed by atoms with E-state index in [9.17, 15) is 90.7 Å². The number of unbranched alkanes of at least 4 members (excludes halogenated alkanes) is 19. The van der Waals surface area contributed by atoms with Gasteiger partial charge in [0.15, 0.2) is 18.9 Å². The zero-order valence-electron chi connectivity index (χ0n) is 64.5. The monoisotopic (exact) mass is 1380 g/mol. The average molecular weight is 1380 g/mol. The number of hydrogen-bond donors (Lipinski definition) is 17. The minimum atomic E-state index is -3.43. The number of carbonyl (C=O) groups excluding carboxylic acids is 4. The Kier molecular flexibility index (Phi) is 34.8. The number of carboxylic acid groups (broad SMARTS) is 1. The van der Waals surface area contributed by atoms with Crippen LogP contribution in [0.5, 0.6) is 0 Å².